The van der Waals surface area contributed by atoms with Crippen LogP contribution in [-0.2, 0) is 0 Å². The number of benzene rings is 2. The second-order valence-corrected chi connectivity index (χ2v) is 4.63. The third-order valence-electron chi connectivity index (χ3n) is 2.46. The highest BCUT2D eigenvalue weighted by Crippen LogP contribution is 2.35. The first-order chi connectivity index (χ1) is 8.63. The Morgan fingerprint density at radius 2 is 1.83 bits per heavy atom. The van der Waals surface area contributed by atoms with E-state index >= 15 is 0 Å². The minimum absolute atomic E-state index is 0.285. The number of nitrogens with two attached hydrogens (primary N) is 1. The Balaban J connectivity index is 2.56. The topological polar surface area (TPSA) is 74.8 Å². The molecule has 0 atom stereocenters. The first-order valence-electron chi connectivity index (χ1n) is 5.02. The van der Waals surface area contributed by atoms with Gasteiger partial charge in [-0.15, -0.1) is 0 Å². The van der Waals surface area contributed by atoms with Crippen LogP contribution in [0.2, 0.25) is 0 Å². The molecule has 0 aliphatic carbocycles. The van der Waals surface area contributed by atoms with Crippen molar-refractivity contribution in [3.8, 4) is 11.1 Å². The first kappa shape index (κ1) is 12.7. The van der Waals surface area contributed by atoms with Crippen LogP contribution in [0.3, 0.4) is 0 Å². The number of halogens is 2. The Hall–Kier alpha value is -1.79. The standard InChI is InChI=1S/C12H8FIN4/c13-8-3-1-7(2-4-8)9-5-6-10(17-18-16)12(15)11(9)14/h1-6H,15H2. The van der Waals surface area contributed by atoms with Gasteiger partial charge in [-0.1, -0.05) is 23.3 Å². The van der Waals surface area contributed by atoms with Gasteiger partial charge >= 0.3 is 0 Å². The van der Waals surface area contributed by atoms with Crippen LogP contribution in [0.5, 0.6) is 0 Å². The van der Waals surface area contributed by atoms with Gasteiger partial charge in [0.25, 0.3) is 0 Å². The predicted molar refractivity (Wildman–Crippen MR) is 77.8 cm³/mol. The molecule has 0 amide bonds. The van der Waals surface area contributed by atoms with Gasteiger partial charge in [0.15, 0.2) is 0 Å². The molecule has 0 aliphatic rings. The number of nitrogen functional groups attached to an aromatic ring is 1. The van der Waals surface area contributed by atoms with Crippen LogP contribution < -0.4 is 5.73 Å². The van der Waals surface area contributed by atoms with Crippen LogP contribution in [0.15, 0.2) is 41.5 Å². The van der Waals surface area contributed by atoms with Crippen molar-refractivity contribution in [3.63, 3.8) is 0 Å². The fourth-order valence-electron chi connectivity index (χ4n) is 1.57. The predicted octanol–water partition coefficient (Wildman–Crippen LogP) is 4.62. The molecule has 2 aromatic rings. The van der Waals surface area contributed by atoms with E-state index in [-0.39, 0.29) is 5.82 Å². The van der Waals surface area contributed by atoms with Crippen molar-refractivity contribution in [1.29, 1.82) is 0 Å². The van der Waals surface area contributed by atoms with Gasteiger partial charge in [0, 0.05) is 8.48 Å². The van der Waals surface area contributed by atoms with E-state index in [4.69, 9.17) is 11.3 Å². The lowest BCUT2D eigenvalue weighted by molar-refractivity contribution is 0.628. The molecule has 2 N–H and O–H groups in total. The van der Waals surface area contributed by atoms with E-state index in [9.17, 15) is 4.39 Å². The SMILES string of the molecule is [N-]=[N+]=Nc1ccc(-c2ccc(F)cc2)c(I)c1N. The second-order valence-electron chi connectivity index (χ2n) is 3.56. The molecule has 0 spiro atoms. The van der Waals surface area contributed by atoms with Crippen LogP contribution in [0, 0.1) is 9.39 Å². The van der Waals surface area contributed by atoms with Crippen molar-refractivity contribution in [1.82, 2.24) is 0 Å². The van der Waals surface area contributed by atoms with Crippen molar-refractivity contribution in [3.05, 3.63) is 56.2 Å². The lowest BCUT2D eigenvalue weighted by atomic mass is 10.0. The highest BCUT2D eigenvalue weighted by molar-refractivity contribution is 14.1. The fraction of sp³-hybridized carbons (Fsp3) is 0. The van der Waals surface area contributed by atoms with E-state index in [0.29, 0.717) is 11.4 Å². The molecule has 0 heterocycles. The average Bonchev–Trinajstić information content (AvgIpc) is 2.37. The zero-order chi connectivity index (χ0) is 13.1. The molecule has 0 aromatic heterocycles. The maximum Gasteiger partial charge on any atom is 0.123 e. The van der Waals surface area contributed by atoms with Crippen LogP contribution in [0.1, 0.15) is 0 Å². The summed E-state index contributed by atoms with van der Waals surface area (Å²) in [5.41, 5.74) is 16.9. The zero-order valence-corrected chi connectivity index (χ0v) is 11.3. The normalized spacial score (nSPS) is 9.89. The van der Waals surface area contributed by atoms with E-state index in [1.54, 1.807) is 24.3 Å². The molecule has 4 nitrogen and oxygen atoms in total. The monoisotopic (exact) mass is 354 g/mol. The maximum absolute atomic E-state index is 12.9. The molecule has 6 heteroatoms. The van der Waals surface area contributed by atoms with Crippen molar-refractivity contribution in [2.24, 2.45) is 5.11 Å². The molecule has 0 radical (unpaired) electrons. The molecule has 0 aliphatic heterocycles. The highest BCUT2D eigenvalue weighted by atomic mass is 127. The Bertz CT molecular complexity index is 633. The van der Waals surface area contributed by atoms with Gasteiger partial charge in [-0.25, -0.2) is 4.39 Å². The summed E-state index contributed by atoms with van der Waals surface area (Å²) in [6.07, 6.45) is 0. The van der Waals surface area contributed by atoms with Gasteiger partial charge in [-0.05, 0) is 57.4 Å². The molecule has 0 fully saturated rings. The molecule has 2 aromatic carbocycles. The number of nitrogens with zero attached hydrogens (tertiary/aromatic N) is 3. The van der Waals surface area contributed by atoms with Gasteiger partial charge in [-0.3, -0.25) is 0 Å². The maximum atomic E-state index is 12.9. The second kappa shape index (κ2) is 5.24. The minimum Gasteiger partial charge on any atom is -0.397 e. The largest absolute Gasteiger partial charge is 0.397 e. The fourth-order valence-corrected chi connectivity index (χ4v) is 2.34. The Kier molecular flexibility index (Phi) is 3.69. The number of azide groups is 1. The van der Waals surface area contributed by atoms with Gasteiger partial charge in [0.2, 0.25) is 0 Å². The Morgan fingerprint density at radius 3 is 2.44 bits per heavy atom. The summed E-state index contributed by atoms with van der Waals surface area (Å²) in [5.74, 6) is -0.285. The van der Waals surface area contributed by atoms with Crippen molar-refractivity contribution in [2.75, 3.05) is 5.73 Å². The van der Waals surface area contributed by atoms with Crippen LogP contribution in [0.25, 0.3) is 21.6 Å². The average molecular weight is 354 g/mol. The molecule has 18 heavy (non-hydrogen) atoms. The van der Waals surface area contributed by atoms with Gasteiger partial charge in [0.1, 0.15) is 5.82 Å². The number of hydrogen-bond donors (Lipinski definition) is 1. The van der Waals surface area contributed by atoms with E-state index < -0.39 is 0 Å². The molecule has 0 saturated carbocycles. The quantitative estimate of drug-likeness (QED) is 0.276. The first-order valence-corrected chi connectivity index (χ1v) is 6.10. The summed E-state index contributed by atoms with van der Waals surface area (Å²) in [7, 11) is 0. The third-order valence-corrected chi connectivity index (χ3v) is 3.63. The number of anilines is 1. The van der Waals surface area contributed by atoms with E-state index in [1.807, 2.05) is 0 Å². The smallest absolute Gasteiger partial charge is 0.123 e. The van der Waals surface area contributed by atoms with Crippen molar-refractivity contribution < 1.29 is 4.39 Å². The number of hydrogen-bond acceptors (Lipinski definition) is 2. The van der Waals surface area contributed by atoms with Crippen LogP contribution in [-0.4, -0.2) is 0 Å². The lowest BCUT2D eigenvalue weighted by Gasteiger charge is -2.09. The summed E-state index contributed by atoms with van der Waals surface area (Å²) < 4.78 is 13.6. The zero-order valence-electron chi connectivity index (χ0n) is 9.14. The van der Waals surface area contributed by atoms with Crippen molar-refractivity contribution in [2.45, 2.75) is 0 Å². The molecule has 0 saturated heterocycles. The van der Waals surface area contributed by atoms with Crippen LogP contribution >= 0.6 is 22.6 Å². The van der Waals surface area contributed by atoms with Gasteiger partial charge < -0.3 is 5.73 Å². The summed E-state index contributed by atoms with van der Waals surface area (Å²) >= 11 is 2.08. The minimum atomic E-state index is -0.285. The lowest BCUT2D eigenvalue weighted by Crippen LogP contribution is -1.93. The van der Waals surface area contributed by atoms with E-state index in [2.05, 4.69) is 32.6 Å². The van der Waals surface area contributed by atoms with Crippen molar-refractivity contribution >= 4 is 34.0 Å². The van der Waals surface area contributed by atoms with E-state index in [1.165, 1.54) is 12.1 Å². The van der Waals surface area contributed by atoms with Crippen LogP contribution in [0.4, 0.5) is 15.8 Å². The molecule has 2 rings (SSSR count). The summed E-state index contributed by atoms with van der Waals surface area (Å²) in [6.45, 7) is 0. The molecule has 90 valence electrons. The highest BCUT2D eigenvalue weighted by Gasteiger charge is 2.09. The third kappa shape index (κ3) is 2.39. The summed E-state index contributed by atoms with van der Waals surface area (Å²) in [4.78, 5) is 2.71. The Morgan fingerprint density at radius 1 is 1.17 bits per heavy atom. The van der Waals surface area contributed by atoms with Gasteiger partial charge in [0.05, 0.1) is 11.4 Å². The van der Waals surface area contributed by atoms with Gasteiger partial charge in [-0.2, -0.15) is 0 Å². The molecular weight excluding hydrogens is 346 g/mol. The molecule has 0 bridgehead atoms. The summed E-state index contributed by atoms with van der Waals surface area (Å²) in [5, 5.41) is 3.51. The molecular formula is C12H8FIN4. The Labute approximate surface area is 116 Å². The molecule has 0 unspecified atom stereocenters. The number of rotatable bonds is 2. The van der Waals surface area contributed by atoms with E-state index in [0.717, 1.165) is 14.7 Å². The summed E-state index contributed by atoms with van der Waals surface area (Å²) in [6, 6.07) is 9.59.